The zero-order chi connectivity index (χ0) is 18.0. The van der Waals surface area contributed by atoms with Crippen molar-refractivity contribution in [3.8, 4) is 0 Å². The molecule has 6 nitrogen and oxygen atoms in total. The van der Waals surface area contributed by atoms with Gasteiger partial charge in [0.15, 0.2) is 0 Å². The first kappa shape index (κ1) is 17.7. The second kappa shape index (κ2) is 7.53. The van der Waals surface area contributed by atoms with Gasteiger partial charge in [-0.2, -0.15) is 5.10 Å². The molecule has 4 rings (SSSR count). The molecule has 0 N–H and O–H groups in total. The van der Waals surface area contributed by atoms with E-state index >= 15 is 0 Å². The molecule has 142 valence electrons. The van der Waals surface area contributed by atoms with Gasteiger partial charge in [0, 0.05) is 49.5 Å². The third-order valence-corrected chi connectivity index (χ3v) is 6.32. The zero-order valence-electron chi connectivity index (χ0n) is 15.7. The molecular weight excluding hydrogens is 330 g/mol. The predicted molar refractivity (Wildman–Crippen MR) is 97.7 cm³/mol. The average molecular weight is 359 g/mol. The number of carbonyl (C=O) groups excluding carboxylic acids is 1. The standard InChI is InChI=1S/C20H29N3O3/c1-16-3-9-21-23(16)11-4-19(24)22-10-2-8-20(15-26-14-7-18(20)22)17-5-12-25-13-6-17/h3,5,9,18H,2,4,6-8,10-15H2,1H3/t18-,20-/m0/s1. The Morgan fingerprint density at radius 1 is 1.38 bits per heavy atom. The fourth-order valence-corrected chi connectivity index (χ4v) is 4.96. The van der Waals surface area contributed by atoms with Crippen LogP contribution in [0.1, 0.15) is 37.8 Å². The molecule has 4 heterocycles. The van der Waals surface area contributed by atoms with Crippen LogP contribution in [0.2, 0.25) is 0 Å². The van der Waals surface area contributed by atoms with Gasteiger partial charge in [0.1, 0.15) is 0 Å². The summed E-state index contributed by atoms with van der Waals surface area (Å²) in [6.45, 7) is 6.51. The molecule has 3 aliphatic rings. The number of hydrogen-bond donors (Lipinski definition) is 0. The molecule has 0 unspecified atom stereocenters. The van der Waals surface area contributed by atoms with E-state index in [9.17, 15) is 4.79 Å². The van der Waals surface area contributed by atoms with E-state index in [1.54, 1.807) is 6.20 Å². The van der Waals surface area contributed by atoms with E-state index in [1.807, 2.05) is 17.7 Å². The summed E-state index contributed by atoms with van der Waals surface area (Å²) in [7, 11) is 0. The maximum atomic E-state index is 13.1. The minimum atomic E-state index is -0.00242. The number of rotatable bonds is 4. The van der Waals surface area contributed by atoms with E-state index in [-0.39, 0.29) is 17.4 Å². The van der Waals surface area contributed by atoms with Crippen molar-refractivity contribution in [3.63, 3.8) is 0 Å². The second-order valence-corrected chi connectivity index (χ2v) is 7.70. The van der Waals surface area contributed by atoms with Crippen LogP contribution in [0.25, 0.3) is 0 Å². The van der Waals surface area contributed by atoms with E-state index in [2.05, 4.69) is 16.1 Å². The fourth-order valence-electron chi connectivity index (χ4n) is 4.96. The smallest absolute Gasteiger partial charge is 0.224 e. The molecule has 2 saturated heterocycles. The molecule has 2 fully saturated rings. The Hall–Kier alpha value is -1.66. The fraction of sp³-hybridized carbons (Fsp3) is 0.700. The number of carbonyl (C=O) groups is 1. The van der Waals surface area contributed by atoms with Crippen molar-refractivity contribution in [1.82, 2.24) is 14.7 Å². The number of ether oxygens (including phenoxy) is 2. The van der Waals surface area contributed by atoms with Crippen molar-refractivity contribution in [2.75, 3.05) is 33.0 Å². The highest BCUT2D eigenvalue weighted by Crippen LogP contribution is 2.47. The summed E-state index contributed by atoms with van der Waals surface area (Å²) in [5.74, 6) is 0.253. The quantitative estimate of drug-likeness (QED) is 0.774. The molecule has 0 aromatic carbocycles. The zero-order valence-corrected chi connectivity index (χ0v) is 15.7. The summed E-state index contributed by atoms with van der Waals surface area (Å²) in [5, 5.41) is 4.30. The lowest BCUT2D eigenvalue weighted by atomic mass is 9.65. The Kier molecular flexibility index (Phi) is 5.14. The molecule has 1 aromatic rings. The number of piperidine rings is 1. The number of likely N-dealkylation sites (tertiary alicyclic amines) is 1. The Labute approximate surface area is 155 Å². The minimum Gasteiger partial charge on any atom is -0.380 e. The first-order valence-electron chi connectivity index (χ1n) is 9.83. The lowest BCUT2D eigenvalue weighted by Crippen LogP contribution is -2.59. The lowest BCUT2D eigenvalue weighted by molar-refractivity contribution is -0.147. The monoisotopic (exact) mass is 359 g/mol. The van der Waals surface area contributed by atoms with Gasteiger partial charge < -0.3 is 14.4 Å². The van der Waals surface area contributed by atoms with Crippen LogP contribution in [-0.2, 0) is 20.8 Å². The Balaban J connectivity index is 1.51. The van der Waals surface area contributed by atoms with Gasteiger partial charge in [-0.05, 0) is 38.7 Å². The Morgan fingerprint density at radius 3 is 3.08 bits per heavy atom. The maximum absolute atomic E-state index is 13.1. The molecule has 2 atom stereocenters. The topological polar surface area (TPSA) is 56.6 Å². The molecule has 6 heteroatoms. The van der Waals surface area contributed by atoms with Crippen LogP contribution in [0.5, 0.6) is 0 Å². The Bertz CT molecular complexity index is 680. The lowest BCUT2D eigenvalue weighted by Gasteiger charge is -2.54. The van der Waals surface area contributed by atoms with Crippen LogP contribution in [-0.4, -0.2) is 59.6 Å². The van der Waals surface area contributed by atoms with Crippen LogP contribution in [0.4, 0.5) is 0 Å². The number of fused-ring (bicyclic) bond motifs is 1. The average Bonchev–Trinajstić information content (AvgIpc) is 3.11. The molecule has 0 radical (unpaired) electrons. The number of aryl methyl sites for hydroxylation is 2. The summed E-state index contributed by atoms with van der Waals surface area (Å²) < 4.78 is 13.4. The molecule has 0 aliphatic carbocycles. The SMILES string of the molecule is Cc1ccnn1CCC(=O)N1CCC[C@@]2(C3=CCOCC3)COCC[C@H]12. The summed E-state index contributed by atoms with van der Waals surface area (Å²) in [6.07, 6.45) is 8.61. The first-order valence-corrected chi connectivity index (χ1v) is 9.83. The minimum absolute atomic E-state index is 0.00242. The molecular formula is C20H29N3O3. The maximum Gasteiger partial charge on any atom is 0.224 e. The molecule has 0 saturated carbocycles. The van der Waals surface area contributed by atoms with Gasteiger partial charge in [-0.25, -0.2) is 0 Å². The molecule has 1 amide bonds. The van der Waals surface area contributed by atoms with Crippen molar-refractivity contribution < 1.29 is 14.3 Å². The summed E-state index contributed by atoms with van der Waals surface area (Å²) >= 11 is 0. The van der Waals surface area contributed by atoms with Crippen molar-refractivity contribution in [3.05, 3.63) is 29.6 Å². The van der Waals surface area contributed by atoms with Gasteiger partial charge in [-0.1, -0.05) is 11.6 Å². The van der Waals surface area contributed by atoms with Gasteiger partial charge in [0.2, 0.25) is 5.91 Å². The van der Waals surface area contributed by atoms with E-state index in [4.69, 9.17) is 9.47 Å². The number of aromatic nitrogens is 2. The number of hydrogen-bond acceptors (Lipinski definition) is 4. The van der Waals surface area contributed by atoms with Crippen LogP contribution in [0.3, 0.4) is 0 Å². The highest BCUT2D eigenvalue weighted by molar-refractivity contribution is 5.77. The van der Waals surface area contributed by atoms with E-state index in [0.717, 1.165) is 57.7 Å². The van der Waals surface area contributed by atoms with E-state index in [0.29, 0.717) is 19.6 Å². The third kappa shape index (κ3) is 3.21. The van der Waals surface area contributed by atoms with Gasteiger partial charge in [-0.15, -0.1) is 0 Å². The summed E-state index contributed by atoms with van der Waals surface area (Å²) in [5.41, 5.74) is 2.55. The van der Waals surface area contributed by atoms with Crippen molar-refractivity contribution in [1.29, 1.82) is 0 Å². The van der Waals surface area contributed by atoms with Crippen molar-refractivity contribution in [2.24, 2.45) is 5.41 Å². The summed E-state index contributed by atoms with van der Waals surface area (Å²) in [4.78, 5) is 15.2. The van der Waals surface area contributed by atoms with Crippen LogP contribution in [0, 0.1) is 12.3 Å². The molecule has 0 spiro atoms. The predicted octanol–water partition coefficient (Wildman–Crippen LogP) is 2.33. The molecule has 26 heavy (non-hydrogen) atoms. The van der Waals surface area contributed by atoms with E-state index in [1.165, 1.54) is 5.57 Å². The van der Waals surface area contributed by atoms with Gasteiger partial charge in [0.05, 0.1) is 19.8 Å². The molecule has 3 aliphatic heterocycles. The van der Waals surface area contributed by atoms with Crippen LogP contribution >= 0.6 is 0 Å². The largest absolute Gasteiger partial charge is 0.380 e. The van der Waals surface area contributed by atoms with Crippen molar-refractivity contribution in [2.45, 2.75) is 51.6 Å². The summed E-state index contributed by atoms with van der Waals surface area (Å²) in [6, 6.07) is 2.24. The van der Waals surface area contributed by atoms with Crippen molar-refractivity contribution >= 4 is 5.91 Å². The van der Waals surface area contributed by atoms with Crippen LogP contribution < -0.4 is 0 Å². The normalized spacial score (nSPS) is 29.2. The second-order valence-electron chi connectivity index (χ2n) is 7.70. The van der Waals surface area contributed by atoms with Gasteiger partial charge in [0.25, 0.3) is 0 Å². The molecule has 0 bridgehead atoms. The Morgan fingerprint density at radius 2 is 2.31 bits per heavy atom. The first-order chi connectivity index (χ1) is 12.7. The number of amides is 1. The number of nitrogens with zero attached hydrogens (tertiary/aromatic N) is 3. The molecule has 1 aromatic heterocycles. The highest BCUT2D eigenvalue weighted by Gasteiger charge is 2.50. The van der Waals surface area contributed by atoms with Crippen LogP contribution in [0.15, 0.2) is 23.9 Å². The van der Waals surface area contributed by atoms with Gasteiger partial charge >= 0.3 is 0 Å². The van der Waals surface area contributed by atoms with E-state index < -0.39 is 0 Å². The highest BCUT2D eigenvalue weighted by atomic mass is 16.5. The van der Waals surface area contributed by atoms with Gasteiger partial charge in [-0.3, -0.25) is 9.48 Å². The third-order valence-electron chi connectivity index (χ3n) is 6.32.